The van der Waals surface area contributed by atoms with Crippen LogP contribution in [0.15, 0.2) is 12.1 Å². The summed E-state index contributed by atoms with van der Waals surface area (Å²) >= 11 is 0. The molecule has 0 bridgehead atoms. The molecule has 0 aliphatic heterocycles. The summed E-state index contributed by atoms with van der Waals surface area (Å²) in [6, 6.07) is 2.17. The quantitative estimate of drug-likeness (QED) is 0.595. The Balaban J connectivity index is 3.02. The third kappa shape index (κ3) is 4.50. The molecule has 1 nitrogen and oxygen atoms in total. The van der Waals surface area contributed by atoms with Crippen LogP contribution < -0.4 is 4.74 Å². The van der Waals surface area contributed by atoms with Crippen molar-refractivity contribution in [2.75, 3.05) is 6.61 Å². The van der Waals surface area contributed by atoms with E-state index < -0.39 is 19.7 Å². The van der Waals surface area contributed by atoms with Gasteiger partial charge in [-0.2, -0.15) is 0 Å². The molecule has 98 valence electrons. The van der Waals surface area contributed by atoms with E-state index in [0.717, 1.165) is 18.6 Å². The van der Waals surface area contributed by atoms with Crippen molar-refractivity contribution in [2.24, 2.45) is 0 Å². The average molecular weight is 268 g/mol. The van der Waals surface area contributed by atoms with E-state index in [1.54, 1.807) is 0 Å². The minimum absolute atomic E-state index is 0.0482. The van der Waals surface area contributed by atoms with Gasteiger partial charge >= 0.3 is 0 Å². The molecule has 0 saturated carbocycles. The van der Waals surface area contributed by atoms with Gasteiger partial charge in [0.2, 0.25) is 0 Å². The number of ether oxygens (including phenoxy) is 1. The summed E-state index contributed by atoms with van der Waals surface area (Å²) < 4.78 is 32.4. The largest absolute Gasteiger partial charge is 0.490 e. The second kappa shape index (κ2) is 6.01. The molecule has 1 aromatic carbocycles. The molecule has 0 fully saturated rings. The fourth-order valence-electron chi connectivity index (χ4n) is 1.20. The van der Waals surface area contributed by atoms with Crippen LogP contribution in [-0.2, 0) is 0 Å². The van der Waals surface area contributed by atoms with Gasteiger partial charge in [0.15, 0.2) is 11.6 Å². The molecule has 18 heavy (non-hydrogen) atoms. The van der Waals surface area contributed by atoms with Gasteiger partial charge in [-0.1, -0.05) is 32.5 Å². The molecule has 0 radical (unpaired) electrons. The average Bonchev–Trinajstić information content (AvgIpc) is 2.26. The SMILES string of the molecule is CCCOc1cc(F)c(C#C[Si](C)(C)C)cc1F. The third-order valence-electron chi connectivity index (χ3n) is 2.06. The molecule has 1 rings (SSSR count). The van der Waals surface area contributed by atoms with Crippen LogP contribution in [0, 0.1) is 23.1 Å². The van der Waals surface area contributed by atoms with E-state index in [1.807, 2.05) is 26.6 Å². The van der Waals surface area contributed by atoms with Crippen molar-refractivity contribution < 1.29 is 13.5 Å². The van der Waals surface area contributed by atoms with Gasteiger partial charge < -0.3 is 4.74 Å². The standard InChI is InChI=1S/C14H18F2OSi/c1-5-7-17-14-10-12(15)11(9-13(14)16)6-8-18(2,3)4/h9-10H,5,7H2,1-4H3. The minimum atomic E-state index is -1.60. The van der Waals surface area contributed by atoms with Crippen molar-refractivity contribution in [3.05, 3.63) is 29.3 Å². The first kappa shape index (κ1) is 14.7. The fraction of sp³-hybridized carbons (Fsp3) is 0.429. The zero-order chi connectivity index (χ0) is 13.8. The third-order valence-corrected chi connectivity index (χ3v) is 2.93. The molecule has 0 unspecified atom stereocenters. The number of hydrogen-bond acceptors (Lipinski definition) is 1. The van der Waals surface area contributed by atoms with Gasteiger partial charge in [0.05, 0.1) is 12.2 Å². The van der Waals surface area contributed by atoms with Crippen molar-refractivity contribution in [3.63, 3.8) is 0 Å². The predicted molar refractivity (Wildman–Crippen MR) is 72.4 cm³/mol. The molecule has 0 saturated heterocycles. The zero-order valence-electron chi connectivity index (χ0n) is 11.2. The van der Waals surface area contributed by atoms with Crippen LogP contribution in [0.3, 0.4) is 0 Å². The highest BCUT2D eigenvalue weighted by Crippen LogP contribution is 2.21. The van der Waals surface area contributed by atoms with Gasteiger partial charge in [0.1, 0.15) is 13.9 Å². The van der Waals surface area contributed by atoms with Crippen LogP contribution in [0.4, 0.5) is 8.78 Å². The summed E-state index contributed by atoms with van der Waals surface area (Å²) in [5, 5.41) is 0. The van der Waals surface area contributed by atoms with Crippen molar-refractivity contribution in [2.45, 2.75) is 33.0 Å². The summed E-state index contributed by atoms with van der Waals surface area (Å²) in [5.41, 5.74) is 3.11. The van der Waals surface area contributed by atoms with E-state index in [4.69, 9.17) is 4.74 Å². The topological polar surface area (TPSA) is 9.23 Å². The van der Waals surface area contributed by atoms with E-state index in [1.165, 1.54) is 0 Å². The molecule has 0 atom stereocenters. The smallest absolute Gasteiger partial charge is 0.166 e. The Kier molecular flexibility index (Phi) is 4.91. The lowest BCUT2D eigenvalue weighted by molar-refractivity contribution is 0.299. The molecule has 0 heterocycles. The molecule has 0 amide bonds. The number of hydrogen-bond donors (Lipinski definition) is 0. The molecular weight excluding hydrogens is 250 g/mol. The molecule has 0 aliphatic carbocycles. The first-order valence-corrected chi connectivity index (χ1v) is 9.48. The zero-order valence-corrected chi connectivity index (χ0v) is 12.2. The van der Waals surface area contributed by atoms with E-state index in [-0.39, 0.29) is 11.3 Å². The number of halogens is 2. The van der Waals surface area contributed by atoms with Crippen molar-refractivity contribution in [1.29, 1.82) is 0 Å². The van der Waals surface area contributed by atoms with Crippen molar-refractivity contribution in [1.82, 2.24) is 0 Å². The molecular formula is C14H18F2OSi. The summed E-state index contributed by atoms with van der Waals surface area (Å²) in [5.74, 6) is 1.57. The van der Waals surface area contributed by atoms with Crippen molar-refractivity contribution in [3.8, 4) is 17.2 Å². The van der Waals surface area contributed by atoms with Crippen LogP contribution in [0.2, 0.25) is 19.6 Å². The fourth-order valence-corrected chi connectivity index (χ4v) is 1.71. The van der Waals surface area contributed by atoms with Gasteiger partial charge in [-0.05, 0) is 12.5 Å². The Hall–Kier alpha value is -1.34. The Morgan fingerprint density at radius 3 is 2.39 bits per heavy atom. The molecule has 0 aromatic heterocycles. The Morgan fingerprint density at radius 1 is 1.17 bits per heavy atom. The number of rotatable bonds is 3. The molecule has 4 heteroatoms. The lowest BCUT2D eigenvalue weighted by Crippen LogP contribution is -2.16. The van der Waals surface area contributed by atoms with Crippen LogP contribution >= 0.6 is 0 Å². The minimum Gasteiger partial charge on any atom is -0.490 e. The van der Waals surface area contributed by atoms with Gasteiger partial charge in [-0.3, -0.25) is 0 Å². The van der Waals surface area contributed by atoms with Crippen LogP contribution in [0.1, 0.15) is 18.9 Å². The van der Waals surface area contributed by atoms with Gasteiger partial charge in [-0.25, -0.2) is 8.78 Å². The second-order valence-corrected chi connectivity index (χ2v) is 9.86. The monoisotopic (exact) mass is 268 g/mol. The van der Waals surface area contributed by atoms with E-state index in [0.29, 0.717) is 6.61 Å². The Bertz CT molecular complexity index is 481. The maximum atomic E-state index is 13.7. The molecule has 0 N–H and O–H groups in total. The van der Waals surface area contributed by atoms with Crippen LogP contribution in [0.25, 0.3) is 0 Å². The lowest BCUT2D eigenvalue weighted by Gasteiger charge is -2.07. The maximum absolute atomic E-state index is 13.7. The van der Waals surface area contributed by atoms with E-state index in [9.17, 15) is 8.78 Å². The summed E-state index contributed by atoms with van der Waals surface area (Å²) in [7, 11) is -1.60. The summed E-state index contributed by atoms with van der Waals surface area (Å²) in [6.45, 7) is 8.42. The Labute approximate surface area is 108 Å². The van der Waals surface area contributed by atoms with Gasteiger partial charge in [-0.15, -0.1) is 5.54 Å². The molecule has 0 aliphatic rings. The van der Waals surface area contributed by atoms with Crippen LogP contribution in [0.5, 0.6) is 5.75 Å². The summed E-state index contributed by atoms with van der Waals surface area (Å²) in [6.07, 6.45) is 0.748. The molecule has 1 aromatic rings. The summed E-state index contributed by atoms with van der Waals surface area (Å²) in [4.78, 5) is 0. The van der Waals surface area contributed by atoms with Gasteiger partial charge in [0, 0.05) is 6.07 Å². The van der Waals surface area contributed by atoms with Crippen LogP contribution in [-0.4, -0.2) is 14.7 Å². The normalized spacial score (nSPS) is 10.8. The Morgan fingerprint density at radius 2 is 1.83 bits per heavy atom. The lowest BCUT2D eigenvalue weighted by atomic mass is 10.2. The highest BCUT2D eigenvalue weighted by molar-refractivity contribution is 6.83. The first-order valence-electron chi connectivity index (χ1n) is 5.98. The second-order valence-electron chi connectivity index (χ2n) is 5.11. The van der Waals surface area contributed by atoms with Crippen molar-refractivity contribution >= 4 is 8.07 Å². The highest BCUT2D eigenvalue weighted by atomic mass is 28.3. The highest BCUT2D eigenvalue weighted by Gasteiger charge is 2.11. The first-order chi connectivity index (χ1) is 8.33. The van der Waals surface area contributed by atoms with Gasteiger partial charge in [0.25, 0.3) is 0 Å². The van der Waals surface area contributed by atoms with E-state index >= 15 is 0 Å². The number of benzene rings is 1. The maximum Gasteiger partial charge on any atom is 0.166 e. The molecule has 0 spiro atoms. The van der Waals surface area contributed by atoms with E-state index in [2.05, 4.69) is 11.5 Å². The predicted octanol–water partition coefficient (Wildman–Crippen LogP) is 3.98.